The zero-order chi connectivity index (χ0) is 17.8. The van der Waals surface area contributed by atoms with Crippen molar-refractivity contribution in [3.8, 4) is 28.7 Å². The number of nitrogens with zero attached hydrogens (tertiary/aromatic N) is 5. The van der Waals surface area contributed by atoms with Gasteiger partial charge in [0, 0.05) is 19.0 Å². The number of aromatic nitrogens is 5. The van der Waals surface area contributed by atoms with Crippen molar-refractivity contribution < 1.29 is 9.47 Å². The van der Waals surface area contributed by atoms with Gasteiger partial charge in [0.2, 0.25) is 5.95 Å². The van der Waals surface area contributed by atoms with Crippen molar-refractivity contribution in [1.82, 2.24) is 24.5 Å². The Hall–Kier alpha value is -2.68. The SMILES string of the molecule is CCSNc1nnc(-c2ccn(C)n2)n1-c1c(OC)cccc1OC. The van der Waals surface area contributed by atoms with E-state index in [1.54, 1.807) is 18.9 Å². The second kappa shape index (κ2) is 7.47. The Kier molecular flexibility index (Phi) is 5.13. The third-order valence-corrected chi connectivity index (χ3v) is 4.15. The van der Waals surface area contributed by atoms with Crippen LogP contribution in [0.5, 0.6) is 11.5 Å². The molecular formula is C16H20N6O2S. The molecule has 3 aromatic rings. The summed E-state index contributed by atoms with van der Waals surface area (Å²) in [5, 5.41) is 13.1. The van der Waals surface area contributed by atoms with E-state index >= 15 is 0 Å². The highest BCUT2D eigenvalue weighted by Gasteiger charge is 2.23. The Morgan fingerprint density at radius 3 is 2.40 bits per heavy atom. The molecule has 1 aromatic carbocycles. The minimum absolute atomic E-state index is 0.579. The molecule has 3 rings (SSSR count). The van der Waals surface area contributed by atoms with Crippen molar-refractivity contribution in [2.75, 3.05) is 24.7 Å². The Morgan fingerprint density at radius 2 is 1.84 bits per heavy atom. The number of para-hydroxylation sites is 1. The van der Waals surface area contributed by atoms with Crippen LogP contribution >= 0.6 is 11.9 Å². The zero-order valence-corrected chi connectivity index (χ0v) is 15.4. The highest BCUT2D eigenvalue weighted by molar-refractivity contribution is 8.00. The van der Waals surface area contributed by atoms with Gasteiger partial charge >= 0.3 is 0 Å². The van der Waals surface area contributed by atoms with Crippen LogP contribution in [0, 0.1) is 0 Å². The molecule has 2 aromatic heterocycles. The molecule has 0 amide bonds. The molecule has 0 fully saturated rings. The predicted molar refractivity (Wildman–Crippen MR) is 98.4 cm³/mol. The van der Waals surface area contributed by atoms with Gasteiger partial charge in [0.05, 0.1) is 14.2 Å². The van der Waals surface area contributed by atoms with Crippen molar-refractivity contribution in [2.45, 2.75) is 6.92 Å². The lowest BCUT2D eigenvalue weighted by atomic mass is 10.2. The van der Waals surface area contributed by atoms with Gasteiger partial charge in [0.1, 0.15) is 22.9 Å². The summed E-state index contributed by atoms with van der Waals surface area (Å²) in [5.41, 5.74) is 1.43. The van der Waals surface area contributed by atoms with Gasteiger partial charge in [-0.25, -0.2) is 0 Å². The van der Waals surface area contributed by atoms with Crippen LogP contribution in [0.2, 0.25) is 0 Å². The maximum Gasteiger partial charge on any atom is 0.239 e. The molecule has 8 nitrogen and oxygen atoms in total. The highest BCUT2D eigenvalue weighted by atomic mass is 32.2. The van der Waals surface area contributed by atoms with Crippen LogP contribution < -0.4 is 14.2 Å². The van der Waals surface area contributed by atoms with Gasteiger partial charge in [-0.3, -0.25) is 14.0 Å². The first-order valence-electron chi connectivity index (χ1n) is 7.74. The molecule has 0 aliphatic heterocycles. The van der Waals surface area contributed by atoms with E-state index in [0.717, 1.165) is 11.4 Å². The number of aryl methyl sites for hydroxylation is 1. The standard InChI is InChI=1S/C16H20N6O2S/c1-5-25-20-16-18-17-15(11-9-10-21(2)19-11)22(16)14-12(23-3)7-6-8-13(14)24-4/h6-10H,5H2,1-4H3,(H,18,20). The molecule has 0 saturated carbocycles. The molecule has 9 heteroatoms. The lowest BCUT2D eigenvalue weighted by Gasteiger charge is -2.16. The van der Waals surface area contributed by atoms with E-state index in [1.165, 1.54) is 11.9 Å². The first-order chi connectivity index (χ1) is 12.2. The maximum atomic E-state index is 5.55. The molecule has 0 atom stereocenters. The fraction of sp³-hybridized carbons (Fsp3) is 0.312. The average molecular weight is 360 g/mol. The van der Waals surface area contributed by atoms with Crippen LogP contribution in [0.3, 0.4) is 0 Å². The first-order valence-corrected chi connectivity index (χ1v) is 8.72. The smallest absolute Gasteiger partial charge is 0.239 e. The second-order valence-electron chi connectivity index (χ2n) is 5.10. The minimum atomic E-state index is 0.579. The summed E-state index contributed by atoms with van der Waals surface area (Å²) >= 11 is 1.53. The normalized spacial score (nSPS) is 10.7. The van der Waals surface area contributed by atoms with Crippen LogP contribution in [0.1, 0.15) is 6.92 Å². The molecule has 0 bridgehead atoms. The number of hydrogen-bond acceptors (Lipinski definition) is 7. The molecular weight excluding hydrogens is 340 g/mol. The van der Waals surface area contributed by atoms with Crippen LogP contribution in [-0.2, 0) is 7.05 Å². The second-order valence-corrected chi connectivity index (χ2v) is 6.17. The Morgan fingerprint density at radius 1 is 1.12 bits per heavy atom. The third kappa shape index (κ3) is 3.27. The molecule has 132 valence electrons. The van der Waals surface area contributed by atoms with E-state index in [4.69, 9.17) is 9.47 Å². The lowest BCUT2D eigenvalue weighted by Crippen LogP contribution is -2.07. The molecule has 2 heterocycles. The molecule has 0 radical (unpaired) electrons. The first kappa shape index (κ1) is 17.2. The van der Waals surface area contributed by atoms with Crippen LogP contribution in [-0.4, -0.2) is 44.5 Å². The van der Waals surface area contributed by atoms with E-state index in [0.29, 0.717) is 29.0 Å². The Labute approximate surface area is 150 Å². The summed E-state index contributed by atoms with van der Waals surface area (Å²) in [6.45, 7) is 2.06. The topological polar surface area (TPSA) is 79.0 Å². The number of rotatable bonds is 7. The molecule has 0 unspecified atom stereocenters. The summed E-state index contributed by atoms with van der Waals surface area (Å²) in [7, 11) is 5.11. The van der Waals surface area contributed by atoms with Crippen molar-refractivity contribution in [1.29, 1.82) is 0 Å². The summed E-state index contributed by atoms with van der Waals surface area (Å²) in [6.07, 6.45) is 1.86. The zero-order valence-electron chi connectivity index (χ0n) is 14.6. The Bertz CT molecular complexity index is 838. The van der Waals surface area contributed by atoms with Crippen LogP contribution in [0.15, 0.2) is 30.5 Å². The number of nitrogens with one attached hydrogen (secondary N) is 1. The van der Waals surface area contributed by atoms with Crippen LogP contribution in [0.25, 0.3) is 17.2 Å². The van der Waals surface area contributed by atoms with Crippen molar-refractivity contribution in [3.63, 3.8) is 0 Å². The summed E-state index contributed by atoms with van der Waals surface area (Å²) < 4.78 is 17.9. The maximum absolute atomic E-state index is 5.55. The quantitative estimate of drug-likeness (QED) is 0.649. The number of ether oxygens (including phenoxy) is 2. The Balaban J connectivity index is 2.24. The molecule has 0 aliphatic carbocycles. The van der Waals surface area contributed by atoms with E-state index in [-0.39, 0.29) is 0 Å². The summed E-state index contributed by atoms with van der Waals surface area (Å²) in [5.74, 6) is 3.37. The van der Waals surface area contributed by atoms with Gasteiger partial charge < -0.3 is 9.47 Å². The molecule has 0 aliphatic rings. The largest absolute Gasteiger partial charge is 0.494 e. The van der Waals surface area contributed by atoms with Gasteiger partial charge in [0.25, 0.3) is 0 Å². The minimum Gasteiger partial charge on any atom is -0.494 e. The predicted octanol–water partition coefficient (Wildman–Crippen LogP) is 2.77. The van der Waals surface area contributed by atoms with Crippen molar-refractivity contribution in [3.05, 3.63) is 30.5 Å². The van der Waals surface area contributed by atoms with Crippen LogP contribution in [0.4, 0.5) is 5.95 Å². The third-order valence-electron chi connectivity index (χ3n) is 3.54. The van der Waals surface area contributed by atoms with Gasteiger partial charge in [-0.05, 0) is 18.2 Å². The van der Waals surface area contributed by atoms with Crippen molar-refractivity contribution in [2.24, 2.45) is 7.05 Å². The van der Waals surface area contributed by atoms with E-state index in [1.807, 2.05) is 42.1 Å². The van der Waals surface area contributed by atoms with Gasteiger partial charge in [-0.2, -0.15) is 5.10 Å². The fourth-order valence-electron chi connectivity index (χ4n) is 2.45. The highest BCUT2D eigenvalue weighted by Crippen LogP contribution is 2.37. The number of hydrogen-bond donors (Lipinski definition) is 1. The number of methoxy groups -OCH3 is 2. The van der Waals surface area contributed by atoms with Gasteiger partial charge in [0.15, 0.2) is 5.82 Å². The molecule has 25 heavy (non-hydrogen) atoms. The number of anilines is 1. The molecule has 0 saturated heterocycles. The molecule has 1 N–H and O–H groups in total. The average Bonchev–Trinajstić information content (AvgIpc) is 3.24. The summed E-state index contributed by atoms with van der Waals surface area (Å²) in [4.78, 5) is 0. The monoisotopic (exact) mass is 360 g/mol. The number of benzene rings is 1. The fourth-order valence-corrected chi connectivity index (χ4v) is 2.86. The van der Waals surface area contributed by atoms with Crippen molar-refractivity contribution >= 4 is 17.9 Å². The van der Waals surface area contributed by atoms with E-state index < -0.39 is 0 Å². The lowest BCUT2D eigenvalue weighted by molar-refractivity contribution is 0.391. The molecule has 0 spiro atoms. The summed E-state index contributed by atoms with van der Waals surface area (Å²) in [6, 6.07) is 7.51. The van der Waals surface area contributed by atoms with Gasteiger partial charge in [-0.1, -0.05) is 24.9 Å². The van der Waals surface area contributed by atoms with E-state index in [9.17, 15) is 0 Å². The van der Waals surface area contributed by atoms with E-state index in [2.05, 4.69) is 26.9 Å². The van der Waals surface area contributed by atoms with Gasteiger partial charge in [-0.15, -0.1) is 10.2 Å².